The van der Waals surface area contributed by atoms with Crippen LogP contribution in [0.4, 0.5) is 0 Å². The predicted molar refractivity (Wildman–Crippen MR) is 548 cm³/mol. The van der Waals surface area contributed by atoms with Crippen molar-refractivity contribution >= 4 is 46.9 Å². The third-order valence-corrected chi connectivity index (χ3v) is 32.5. The number of hydrogen-bond acceptors (Lipinski definition) is 26. The number of Topliss-reactive ketones (excluding diaryl/α,β-unsaturated/α-hetero) is 4. The van der Waals surface area contributed by atoms with Crippen molar-refractivity contribution in [3.8, 4) is 0 Å². The number of aliphatic hydroxyl groups excluding tert-OH is 4. The molecule has 10 rings (SSSR count). The molecule has 6 N–H and O–H groups in total. The maximum atomic E-state index is 14.7. The molecular formula is C115H180N2O26. The Hall–Kier alpha value is -6.68. The van der Waals surface area contributed by atoms with Gasteiger partial charge in [0.1, 0.15) is 60.3 Å². The highest BCUT2D eigenvalue weighted by molar-refractivity contribution is 6.39. The van der Waals surface area contributed by atoms with Crippen LogP contribution in [-0.4, -0.2) is 277 Å². The first kappa shape index (κ1) is 120. The zero-order valence-corrected chi connectivity index (χ0v) is 89.6. The molecule has 3 aliphatic carbocycles. The standard InChI is InChI=1S/C61H97NO14.C54H83NO12/c1-39-17-12-11-13-18-40(2)53(74-32-26-47-24-30-72-31-25-47)37-49-22-20-45(7)61(69,76-49)58(66)59(67)62-27-15-14-19-50(62)60(68)75-54(43(5)35-48-21-23-52(55(36-48)70-9)73-29-16-28-63)38-51(64)42(4)34-44(6)56(65)57(71-10)46(8)41(3)33-39;1-32-16-12-11-13-17-33(2)46(65-41-22-23-41)30-42-21-19-38(7)54(62,67-42)51(59)52(60)55-25-15-14-18-43(55)53(61)66-47(36(5)28-40-20-24-44(56)48(29-40)63-9)31-45(57)35(4)27-37(6)49(58)50(64-10)39(8)34(3)26-32/h11-13,17-18,34,39,41-43,45,47-50,52-57,63,65,69H,8,14-16,19-33,35-38H2,1-7,9-10H3;11-13,16-17,27,32,34-36,38,40-44,46-50,56,58,62H,8,14-15,18-26,28-31H2,1-7,9-10H3/b13-11+,17-12+,40-18+,44-34+;13-11+,16-12+,33-17+,37-27+/t39-,41-,42-,43-,45-,48+,49+,50?,52-,53?,54+,55-,56-,57+,61-;32-,34-,35-,36-,38-,40+,42+,43?,44-,46?,47+,48-,49-,50+,54-/m11/s1. The summed E-state index contributed by atoms with van der Waals surface area (Å²) in [6.07, 6.45) is 32.8. The molecule has 0 radical (unpaired) electrons. The van der Waals surface area contributed by atoms with E-state index in [0.717, 1.165) is 99.7 Å². The number of hydrogen-bond donors (Lipinski definition) is 6. The number of nitrogens with zero attached hydrogens (tertiary/aromatic N) is 2. The molecule has 0 spiro atoms. The number of carbonyl (C=O) groups is 8. The van der Waals surface area contributed by atoms with E-state index in [1.54, 1.807) is 82.1 Å². The van der Waals surface area contributed by atoms with E-state index in [-0.39, 0.29) is 135 Å². The molecule has 3 saturated carbocycles. The van der Waals surface area contributed by atoms with Gasteiger partial charge in [-0.25, -0.2) is 9.59 Å². The van der Waals surface area contributed by atoms with Gasteiger partial charge in [-0.1, -0.05) is 155 Å². The van der Waals surface area contributed by atoms with Crippen LogP contribution in [0.2, 0.25) is 0 Å². The van der Waals surface area contributed by atoms with Gasteiger partial charge in [0, 0.05) is 124 Å². The number of amides is 2. The van der Waals surface area contributed by atoms with E-state index in [0.29, 0.717) is 133 Å². The van der Waals surface area contributed by atoms with Gasteiger partial charge in [0.25, 0.3) is 23.4 Å². The maximum Gasteiger partial charge on any atom is 0.329 e. The Balaban J connectivity index is 0.000000321. The highest BCUT2D eigenvalue weighted by Gasteiger charge is 2.56. The summed E-state index contributed by atoms with van der Waals surface area (Å²) in [4.78, 5) is 118. The van der Waals surface area contributed by atoms with Crippen molar-refractivity contribution < 1.29 is 126 Å². The number of methoxy groups -OCH3 is 4. The van der Waals surface area contributed by atoms with Crippen LogP contribution < -0.4 is 0 Å². The Labute approximate surface area is 853 Å². The Bertz CT molecular complexity index is 4360. The Morgan fingerprint density at radius 2 is 0.916 bits per heavy atom. The van der Waals surface area contributed by atoms with E-state index in [1.807, 2.05) is 76.3 Å². The molecule has 2 amide bonds. The summed E-state index contributed by atoms with van der Waals surface area (Å²) in [6, 6.07) is -2.24. The average Bonchev–Trinajstić information content (AvgIpc) is 1.56. The number of piperidine rings is 2. The molecule has 0 aromatic carbocycles. The predicted octanol–water partition coefficient (Wildman–Crippen LogP) is 16.5. The van der Waals surface area contributed by atoms with Gasteiger partial charge < -0.3 is 97.3 Å². The van der Waals surface area contributed by atoms with E-state index >= 15 is 0 Å². The number of cyclic esters (lactones) is 2. The van der Waals surface area contributed by atoms with Crippen LogP contribution in [-0.2, 0) is 95.2 Å². The van der Waals surface area contributed by atoms with Gasteiger partial charge in [0.05, 0.1) is 54.9 Å². The van der Waals surface area contributed by atoms with Crippen molar-refractivity contribution in [2.45, 2.75) is 405 Å². The molecule has 5 saturated heterocycles. The fraction of sp³-hybridized carbons (Fsp3) is 0.757. The summed E-state index contributed by atoms with van der Waals surface area (Å²) in [7, 11) is 6.34. The minimum atomic E-state index is -2.44. The molecule has 28 nitrogen and oxygen atoms in total. The summed E-state index contributed by atoms with van der Waals surface area (Å²) in [5.74, 6) is -13.1. The highest BCUT2D eigenvalue weighted by Crippen LogP contribution is 2.44. The lowest BCUT2D eigenvalue weighted by Gasteiger charge is -2.43. The molecule has 4 unspecified atom stereocenters. The number of aliphatic hydroxyl groups is 6. The fourth-order valence-electron chi connectivity index (χ4n) is 22.6. The summed E-state index contributed by atoms with van der Waals surface area (Å²) in [5, 5.41) is 67.5. The number of esters is 2. The Kier molecular flexibility index (Phi) is 49.0. The molecule has 8 fully saturated rings. The molecule has 30 atom stereocenters. The first-order chi connectivity index (χ1) is 68.1. The third kappa shape index (κ3) is 34.7. The SMILES string of the molecule is C=C1[C@H](C)C[C@H](C)/C=C/C=C/C=C(\C)C(OC2CC2)C[C@@H]2CC[C@@H](C)[C@@](O)(O2)C(=O)C(=O)N2CCCCC2C(=O)O[C@H]([C@H](C)C[C@@H]2CC[C@@H](O)[C@H](OC)C2)CC(=O)[C@H](C)/C=C(\C)[C@@H](O)[C@H]1OC.C=C1[C@H](C)C[C@H](C)/C=C/C=C/C=C(\C)C(OCCC2CCOCC2)C[C@@H]2CC[C@@H](C)[C@@](O)(O2)C(=O)C(=O)N2CCCCC2C(=O)O[C@H]([C@H](C)C[C@@H]2CC[C@@H](OCCCO)[C@H](OC)C2)CC(=O)[C@H](C)/C=C(\C)[C@@H](O)[C@H]1OC. The van der Waals surface area contributed by atoms with E-state index in [4.69, 9.17) is 56.8 Å². The first-order valence-electron chi connectivity index (χ1n) is 54.1. The van der Waals surface area contributed by atoms with Gasteiger partial charge in [-0.15, -0.1) is 0 Å². The van der Waals surface area contributed by atoms with Crippen LogP contribution >= 0.6 is 0 Å². The number of ketones is 4. The van der Waals surface area contributed by atoms with E-state index in [9.17, 15) is 69.0 Å². The number of fused-ring (bicyclic) bond motifs is 6. The summed E-state index contributed by atoms with van der Waals surface area (Å²) < 4.78 is 73.3. The minimum Gasteiger partial charge on any atom is -0.460 e. The second-order valence-corrected chi connectivity index (χ2v) is 44.0. The lowest BCUT2D eigenvalue weighted by Crippen LogP contribution is -2.61. The normalized spacial score (nSPS) is 39.1. The second-order valence-electron chi connectivity index (χ2n) is 44.0. The van der Waals surface area contributed by atoms with E-state index in [2.05, 4.69) is 53.0 Å². The third-order valence-electron chi connectivity index (χ3n) is 32.5. The number of rotatable bonds is 20. The highest BCUT2D eigenvalue weighted by atomic mass is 16.6. The van der Waals surface area contributed by atoms with Crippen molar-refractivity contribution in [3.63, 3.8) is 0 Å². The van der Waals surface area contributed by atoms with Gasteiger partial charge in [-0.3, -0.25) is 28.8 Å². The largest absolute Gasteiger partial charge is 0.460 e. The summed E-state index contributed by atoms with van der Waals surface area (Å²) in [5.41, 5.74) is 4.51. The molecule has 0 aromatic rings. The number of allylic oxidation sites excluding steroid dienone is 12. The zero-order chi connectivity index (χ0) is 105. The van der Waals surface area contributed by atoms with Crippen LogP contribution in [0.1, 0.15) is 290 Å². The second kappa shape index (κ2) is 58.5. The van der Waals surface area contributed by atoms with Crippen LogP contribution in [0.25, 0.3) is 0 Å². The molecule has 28 heteroatoms. The van der Waals surface area contributed by atoms with Crippen molar-refractivity contribution in [1.82, 2.24) is 9.80 Å². The molecule has 806 valence electrons. The number of carbonyl (C=O) groups excluding carboxylic acids is 8. The van der Waals surface area contributed by atoms with Crippen molar-refractivity contribution in [1.29, 1.82) is 0 Å². The number of ether oxygens (including phenoxy) is 12. The van der Waals surface area contributed by atoms with Crippen LogP contribution in [0.15, 0.2) is 120 Å². The molecular weight excluding hydrogens is 1830 g/mol. The maximum absolute atomic E-state index is 14.7. The lowest BCUT2D eigenvalue weighted by molar-refractivity contribution is -0.266. The fourth-order valence-corrected chi connectivity index (χ4v) is 22.6. The van der Waals surface area contributed by atoms with Crippen LogP contribution in [0.5, 0.6) is 0 Å². The quantitative estimate of drug-likeness (QED) is 0.0285. The van der Waals surface area contributed by atoms with Crippen molar-refractivity contribution in [3.05, 3.63) is 120 Å². The smallest absolute Gasteiger partial charge is 0.329 e. The summed E-state index contributed by atoms with van der Waals surface area (Å²) in [6.45, 7) is 38.2. The van der Waals surface area contributed by atoms with Gasteiger partial charge in [0.2, 0.25) is 11.6 Å². The van der Waals surface area contributed by atoms with Gasteiger partial charge >= 0.3 is 11.9 Å². The van der Waals surface area contributed by atoms with Gasteiger partial charge in [0.15, 0.2) is 0 Å². The molecule has 143 heavy (non-hydrogen) atoms. The minimum absolute atomic E-state index is 0.00505. The van der Waals surface area contributed by atoms with Crippen molar-refractivity contribution in [2.24, 2.45) is 76.9 Å². The van der Waals surface area contributed by atoms with E-state index in [1.165, 1.54) is 9.80 Å². The molecule has 7 heterocycles. The molecule has 0 aromatic heterocycles. The van der Waals surface area contributed by atoms with Gasteiger partial charge in [-0.2, -0.15) is 0 Å². The lowest BCUT2D eigenvalue weighted by atomic mass is 9.78. The van der Waals surface area contributed by atoms with Crippen LogP contribution in [0, 0.1) is 76.9 Å². The monoisotopic (exact) mass is 2010 g/mol. The van der Waals surface area contributed by atoms with Crippen LogP contribution in [0.3, 0.4) is 0 Å². The van der Waals surface area contributed by atoms with Gasteiger partial charge in [-0.05, 0) is 281 Å². The molecule has 10 aliphatic rings. The van der Waals surface area contributed by atoms with Crippen molar-refractivity contribution in [2.75, 3.05) is 74.6 Å². The molecule has 7 aliphatic heterocycles. The Morgan fingerprint density at radius 3 is 1.36 bits per heavy atom. The topological polar surface area (TPSA) is 375 Å². The average molecular weight is 2010 g/mol. The first-order valence-corrected chi connectivity index (χ1v) is 54.1. The van der Waals surface area contributed by atoms with E-state index < -0.39 is 144 Å². The zero-order valence-electron chi connectivity index (χ0n) is 89.6. The Morgan fingerprint density at radius 1 is 0.469 bits per heavy atom. The molecule has 4 bridgehead atoms. The summed E-state index contributed by atoms with van der Waals surface area (Å²) >= 11 is 0.